The van der Waals surface area contributed by atoms with Gasteiger partial charge in [0.1, 0.15) is 41.9 Å². The van der Waals surface area contributed by atoms with Gasteiger partial charge in [0.05, 0.1) is 16.2 Å². The molecule has 2 aromatic heterocycles. The van der Waals surface area contributed by atoms with Gasteiger partial charge in [-0.3, -0.25) is 0 Å². The number of nitrogens with zero attached hydrogens (tertiary/aromatic N) is 3. The fourth-order valence-electron chi connectivity index (χ4n) is 4.57. The highest BCUT2D eigenvalue weighted by Gasteiger charge is 2.44. The number of aryl methyl sites for hydroxylation is 1. The van der Waals surface area contributed by atoms with Crippen molar-refractivity contribution in [3.05, 3.63) is 51.8 Å². The molecule has 30 heavy (non-hydrogen) atoms. The van der Waals surface area contributed by atoms with Crippen molar-refractivity contribution in [2.75, 3.05) is 6.54 Å². The van der Waals surface area contributed by atoms with Gasteiger partial charge in [0.2, 0.25) is 0 Å². The van der Waals surface area contributed by atoms with E-state index in [1.54, 1.807) is 6.07 Å². The van der Waals surface area contributed by atoms with Gasteiger partial charge in [0.25, 0.3) is 0 Å². The summed E-state index contributed by atoms with van der Waals surface area (Å²) in [6.07, 6.45) is 1.60. The SMILES string of the molecule is Cc1ncnc2c1ccn2[C@@H]1C[C@H](Oc2cc(Br)c(F)c3c2CNCC3)[C@@H](O)[C@H]1O. The molecule has 3 heterocycles. The Balaban J connectivity index is 1.46. The van der Waals surface area contributed by atoms with Crippen molar-refractivity contribution in [3.63, 3.8) is 0 Å². The Kier molecular flexibility index (Phi) is 5.01. The highest BCUT2D eigenvalue weighted by atomic mass is 79.9. The summed E-state index contributed by atoms with van der Waals surface area (Å²) in [5.41, 5.74) is 2.97. The van der Waals surface area contributed by atoms with Crippen LogP contribution in [0.5, 0.6) is 5.75 Å². The molecule has 0 saturated heterocycles. The number of aliphatic hydroxyl groups is 2. The largest absolute Gasteiger partial charge is 0.487 e. The molecule has 3 aromatic rings. The molecule has 0 bridgehead atoms. The number of rotatable bonds is 3. The first-order valence-corrected chi connectivity index (χ1v) is 10.8. The van der Waals surface area contributed by atoms with Crippen LogP contribution in [-0.4, -0.2) is 49.6 Å². The summed E-state index contributed by atoms with van der Waals surface area (Å²) in [5, 5.41) is 25.6. The molecule has 5 rings (SSSR count). The van der Waals surface area contributed by atoms with Crippen LogP contribution in [0.3, 0.4) is 0 Å². The molecule has 0 spiro atoms. The summed E-state index contributed by atoms with van der Waals surface area (Å²) in [7, 11) is 0. The van der Waals surface area contributed by atoms with Crippen LogP contribution in [0.2, 0.25) is 0 Å². The summed E-state index contributed by atoms with van der Waals surface area (Å²) in [6.45, 7) is 3.11. The topological polar surface area (TPSA) is 92.4 Å². The second-order valence-electron chi connectivity index (χ2n) is 7.91. The average Bonchev–Trinajstić information content (AvgIpc) is 3.29. The summed E-state index contributed by atoms with van der Waals surface area (Å²) in [5.74, 6) is 0.260. The van der Waals surface area contributed by atoms with E-state index < -0.39 is 24.4 Å². The Bertz CT molecular complexity index is 1120. The minimum atomic E-state index is -1.08. The minimum absolute atomic E-state index is 0.266. The number of ether oxygens (including phenoxy) is 1. The first-order chi connectivity index (χ1) is 14.5. The third kappa shape index (κ3) is 3.11. The molecule has 9 heteroatoms. The van der Waals surface area contributed by atoms with Crippen LogP contribution in [0.25, 0.3) is 11.0 Å². The molecular formula is C21H22BrFN4O3. The lowest BCUT2D eigenvalue weighted by molar-refractivity contribution is -0.0167. The van der Waals surface area contributed by atoms with Gasteiger partial charge >= 0.3 is 0 Å². The van der Waals surface area contributed by atoms with E-state index in [1.807, 2.05) is 23.8 Å². The Morgan fingerprint density at radius 3 is 2.93 bits per heavy atom. The van der Waals surface area contributed by atoms with Crippen molar-refractivity contribution in [2.45, 2.75) is 50.7 Å². The van der Waals surface area contributed by atoms with Crippen molar-refractivity contribution in [1.82, 2.24) is 19.9 Å². The van der Waals surface area contributed by atoms with Gasteiger partial charge in [-0.1, -0.05) is 0 Å². The van der Waals surface area contributed by atoms with Gasteiger partial charge in [-0.05, 0) is 53.5 Å². The fourth-order valence-corrected chi connectivity index (χ4v) is 5.01. The van der Waals surface area contributed by atoms with E-state index in [2.05, 4.69) is 31.2 Å². The molecule has 1 fully saturated rings. The van der Waals surface area contributed by atoms with E-state index in [9.17, 15) is 14.6 Å². The molecule has 4 atom stereocenters. The standard InChI is InChI=1S/C21H22BrFN4O3/c1-10-11-3-5-27(21(11)26-9-25-10)15-7-17(20(29)19(15)28)30-16-6-14(22)18(23)12-2-4-24-8-13(12)16/h3,5-6,9,15,17,19-20,24,28-29H,2,4,7-8H2,1H3/t15-,17+,19+,20-/m1/s1. The summed E-state index contributed by atoms with van der Waals surface area (Å²) in [6, 6.07) is 3.13. The Morgan fingerprint density at radius 2 is 2.10 bits per heavy atom. The molecule has 3 N–H and O–H groups in total. The third-order valence-electron chi connectivity index (χ3n) is 6.19. The predicted molar refractivity (Wildman–Crippen MR) is 112 cm³/mol. The van der Waals surface area contributed by atoms with Crippen molar-refractivity contribution in [1.29, 1.82) is 0 Å². The average molecular weight is 477 g/mol. The maximum Gasteiger partial charge on any atom is 0.143 e. The molecule has 1 saturated carbocycles. The first kappa shape index (κ1) is 19.9. The lowest BCUT2D eigenvalue weighted by atomic mass is 9.99. The highest BCUT2D eigenvalue weighted by Crippen LogP contribution is 2.39. The van der Waals surface area contributed by atoms with Crippen molar-refractivity contribution < 1.29 is 19.3 Å². The van der Waals surface area contributed by atoms with E-state index in [0.29, 0.717) is 47.4 Å². The van der Waals surface area contributed by atoms with Crippen molar-refractivity contribution in [2.24, 2.45) is 0 Å². The lowest BCUT2D eigenvalue weighted by Crippen LogP contribution is -2.35. The zero-order valence-corrected chi connectivity index (χ0v) is 17.9. The molecule has 1 aromatic carbocycles. The second kappa shape index (κ2) is 7.56. The molecule has 0 amide bonds. The van der Waals surface area contributed by atoms with E-state index in [4.69, 9.17) is 4.74 Å². The summed E-state index contributed by atoms with van der Waals surface area (Å²) in [4.78, 5) is 8.56. The van der Waals surface area contributed by atoms with Gasteiger partial charge < -0.3 is 24.8 Å². The Labute approximate surface area is 181 Å². The second-order valence-corrected chi connectivity index (χ2v) is 8.77. The predicted octanol–water partition coefficient (Wildman–Crippen LogP) is 2.40. The number of nitrogens with one attached hydrogen (secondary N) is 1. The zero-order chi connectivity index (χ0) is 21.0. The molecule has 1 aliphatic carbocycles. The van der Waals surface area contributed by atoms with Crippen molar-refractivity contribution >= 4 is 27.0 Å². The molecule has 2 aliphatic rings. The van der Waals surface area contributed by atoms with Crippen LogP contribution >= 0.6 is 15.9 Å². The van der Waals surface area contributed by atoms with Gasteiger partial charge in [0.15, 0.2) is 0 Å². The number of benzene rings is 1. The van der Waals surface area contributed by atoms with Crippen molar-refractivity contribution in [3.8, 4) is 5.75 Å². The molecule has 1 aliphatic heterocycles. The van der Waals surface area contributed by atoms with Crippen LogP contribution in [0.1, 0.15) is 29.3 Å². The maximum atomic E-state index is 14.5. The molecule has 7 nitrogen and oxygen atoms in total. The van der Waals surface area contributed by atoms with E-state index in [1.165, 1.54) is 6.33 Å². The molecular weight excluding hydrogens is 455 g/mol. The maximum absolute atomic E-state index is 14.5. The van der Waals surface area contributed by atoms with Gasteiger partial charge in [0, 0.05) is 30.1 Å². The lowest BCUT2D eigenvalue weighted by Gasteiger charge is -2.25. The van der Waals surface area contributed by atoms with Crippen LogP contribution in [0.4, 0.5) is 4.39 Å². The Morgan fingerprint density at radius 1 is 1.27 bits per heavy atom. The fraction of sp³-hybridized carbons (Fsp3) is 0.429. The van der Waals surface area contributed by atoms with Gasteiger partial charge in [-0.25, -0.2) is 14.4 Å². The summed E-state index contributed by atoms with van der Waals surface area (Å²) >= 11 is 3.27. The van der Waals surface area contributed by atoms with Gasteiger partial charge in [-0.15, -0.1) is 0 Å². The smallest absolute Gasteiger partial charge is 0.143 e. The number of hydrogen-bond donors (Lipinski definition) is 3. The summed E-state index contributed by atoms with van der Waals surface area (Å²) < 4.78 is 22.9. The number of hydrogen-bond acceptors (Lipinski definition) is 6. The number of fused-ring (bicyclic) bond motifs is 2. The monoisotopic (exact) mass is 476 g/mol. The minimum Gasteiger partial charge on any atom is -0.487 e. The Hall–Kier alpha value is -2.07. The van der Waals surface area contributed by atoms with Crippen LogP contribution in [-0.2, 0) is 13.0 Å². The number of aliphatic hydroxyl groups excluding tert-OH is 2. The van der Waals surface area contributed by atoms with E-state index in [0.717, 1.165) is 16.6 Å². The molecule has 0 radical (unpaired) electrons. The van der Waals surface area contributed by atoms with E-state index in [-0.39, 0.29) is 5.82 Å². The quantitative estimate of drug-likeness (QED) is 0.537. The van der Waals surface area contributed by atoms with Crippen LogP contribution in [0.15, 0.2) is 29.1 Å². The first-order valence-electron chi connectivity index (χ1n) is 9.97. The zero-order valence-electron chi connectivity index (χ0n) is 16.3. The van der Waals surface area contributed by atoms with Gasteiger partial charge in [-0.2, -0.15) is 0 Å². The highest BCUT2D eigenvalue weighted by molar-refractivity contribution is 9.10. The van der Waals surface area contributed by atoms with E-state index >= 15 is 0 Å². The third-order valence-corrected chi connectivity index (χ3v) is 6.77. The normalized spacial score (nSPS) is 26.2. The molecule has 158 valence electrons. The number of aromatic nitrogens is 3. The van der Waals surface area contributed by atoms with Crippen LogP contribution < -0.4 is 10.1 Å². The number of halogens is 2. The molecule has 0 unspecified atom stereocenters. The van der Waals surface area contributed by atoms with Crippen LogP contribution in [0, 0.1) is 12.7 Å².